The van der Waals surface area contributed by atoms with Gasteiger partial charge in [-0.25, -0.2) is 4.98 Å². The molecule has 0 aliphatic heterocycles. The third-order valence-corrected chi connectivity index (χ3v) is 2.49. The monoisotopic (exact) mass is 222 g/mol. The average Bonchev–Trinajstić information content (AvgIpc) is 2.33. The number of benzene rings is 1. The number of hydrogen-bond acceptors (Lipinski definition) is 2. The summed E-state index contributed by atoms with van der Waals surface area (Å²) in [4.78, 5) is 4.35. The van der Waals surface area contributed by atoms with E-state index in [2.05, 4.69) is 16.8 Å². The third kappa shape index (κ3) is 2.64. The van der Waals surface area contributed by atoms with Crippen molar-refractivity contribution in [2.75, 3.05) is 5.73 Å². The summed E-state index contributed by atoms with van der Waals surface area (Å²) in [5.41, 5.74) is 10.2. The van der Waals surface area contributed by atoms with Crippen molar-refractivity contribution in [1.82, 2.24) is 4.98 Å². The Kier molecular flexibility index (Phi) is 3.11. The molecule has 2 N–H and O–H groups in total. The van der Waals surface area contributed by atoms with Gasteiger partial charge in [0.1, 0.15) is 5.69 Å². The van der Waals surface area contributed by atoms with Crippen LogP contribution in [-0.2, 0) is 0 Å². The third-order valence-electron chi connectivity index (χ3n) is 2.49. The van der Waals surface area contributed by atoms with Crippen LogP contribution in [-0.4, -0.2) is 4.98 Å². The molecule has 1 heterocycles. The fraction of sp³-hybridized carbons (Fsp3) is 0.133. The SMILES string of the molecule is Cc1cc(C)c(N)c(C#Cc2ccccc2)n1. The number of nitrogens with zero attached hydrogens (tertiary/aromatic N) is 1. The van der Waals surface area contributed by atoms with Gasteiger partial charge in [-0.2, -0.15) is 0 Å². The molecule has 0 aliphatic carbocycles. The minimum atomic E-state index is 0.659. The molecule has 0 aliphatic rings. The highest BCUT2D eigenvalue weighted by atomic mass is 14.7. The van der Waals surface area contributed by atoms with E-state index >= 15 is 0 Å². The number of nitrogens with two attached hydrogens (primary N) is 1. The van der Waals surface area contributed by atoms with Crippen molar-refractivity contribution in [3.8, 4) is 11.8 Å². The van der Waals surface area contributed by atoms with Gasteiger partial charge in [0.25, 0.3) is 0 Å². The van der Waals surface area contributed by atoms with Gasteiger partial charge in [-0.05, 0) is 43.5 Å². The molecule has 0 atom stereocenters. The minimum absolute atomic E-state index is 0.659. The van der Waals surface area contributed by atoms with Crippen molar-refractivity contribution in [1.29, 1.82) is 0 Å². The summed E-state index contributed by atoms with van der Waals surface area (Å²) in [7, 11) is 0. The summed E-state index contributed by atoms with van der Waals surface area (Å²) in [5.74, 6) is 6.09. The van der Waals surface area contributed by atoms with Crippen LogP contribution in [0.2, 0.25) is 0 Å². The number of nitrogen functional groups attached to an aromatic ring is 1. The largest absolute Gasteiger partial charge is 0.396 e. The van der Waals surface area contributed by atoms with Crippen LogP contribution in [0.4, 0.5) is 5.69 Å². The second-order valence-electron chi connectivity index (χ2n) is 3.96. The van der Waals surface area contributed by atoms with E-state index in [1.807, 2.05) is 50.2 Å². The Morgan fingerprint density at radius 2 is 1.76 bits per heavy atom. The Labute approximate surface area is 102 Å². The molecule has 0 bridgehead atoms. The molecular formula is C15H14N2. The number of aryl methyl sites for hydroxylation is 2. The van der Waals surface area contributed by atoms with Crippen molar-refractivity contribution in [3.63, 3.8) is 0 Å². The van der Waals surface area contributed by atoms with E-state index in [1.165, 1.54) is 0 Å². The maximum Gasteiger partial charge on any atom is 0.136 e. The second-order valence-corrected chi connectivity index (χ2v) is 3.96. The molecule has 2 aromatic rings. The van der Waals surface area contributed by atoms with Gasteiger partial charge >= 0.3 is 0 Å². The molecule has 84 valence electrons. The van der Waals surface area contributed by atoms with E-state index in [9.17, 15) is 0 Å². The number of rotatable bonds is 0. The standard InChI is InChI=1S/C15H14N2/c1-11-10-12(2)17-14(15(11)16)9-8-13-6-4-3-5-7-13/h3-7,10H,16H2,1-2H3. The van der Waals surface area contributed by atoms with Crippen LogP contribution in [0.3, 0.4) is 0 Å². The van der Waals surface area contributed by atoms with Gasteiger partial charge < -0.3 is 5.73 Å². The predicted octanol–water partition coefficient (Wildman–Crippen LogP) is 2.68. The lowest BCUT2D eigenvalue weighted by atomic mass is 10.1. The van der Waals surface area contributed by atoms with E-state index in [0.29, 0.717) is 11.4 Å². The summed E-state index contributed by atoms with van der Waals surface area (Å²) >= 11 is 0. The molecule has 0 unspecified atom stereocenters. The molecule has 0 amide bonds. The topological polar surface area (TPSA) is 38.9 Å². The molecule has 0 radical (unpaired) electrons. The first-order chi connectivity index (χ1) is 8.16. The van der Waals surface area contributed by atoms with E-state index in [-0.39, 0.29) is 0 Å². The quantitative estimate of drug-likeness (QED) is 0.696. The Hall–Kier alpha value is -2.27. The van der Waals surface area contributed by atoms with E-state index in [0.717, 1.165) is 16.8 Å². The predicted molar refractivity (Wildman–Crippen MR) is 70.5 cm³/mol. The molecule has 17 heavy (non-hydrogen) atoms. The summed E-state index contributed by atoms with van der Waals surface area (Å²) in [6, 6.07) is 11.8. The molecule has 0 spiro atoms. The molecule has 2 rings (SSSR count). The van der Waals surface area contributed by atoms with Gasteiger partial charge in [0.05, 0.1) is 5.69 Å². The average molecular weight is 222 g/mol. The van der Waals surface area contributed by atoms with Crippen LogP contribution in [0, 0.1) is 25.7 Å². The van der Waals surface area contributed by atoms with Crippen LogP contribution in [0.25, 0.3) is 0 Å². The zero-order valence-electron chi connectivity index (χ0n) is 9.99. The summed E-state index contributed by atoms with van der Waals surface area (Å²) in [6.45, 7) is 3.91. The smallest absolute Gasteiger partial charge is 0.136 e. The van der Waals surface area contributed by atoms with Gasteiger partial charge in [-0.15, -0.1) is 0 Å². The summed E-state index contributed by atoms with van der Waals surface area (Å²) in [5, 5.41) is 0. The number of anilines is 1. The summed E-state index contributed by atoms with van der Waals surface area (Å²) in [6.07, 6.45) is 0. The number of aromatic nitrogens is 1. The minimum Gasteiger partial charge on any atom is -0.396 e. The normalized spacial score (nSPS) is 9.53. The van der Waals surface area contributed by atoms with Crippen LogP contribution >= 0.6 is 0 Å². The zero-order chi connectivity index (χ0) is 12.3. The van der Waals surface area contributed by atoms with Gasteiger partial charge in [-0.1, -0.05) is 24.1 Å². The summed E-state index contributed by atoms with van der Waals surface area (Å²) < 4.78 is 0. The highest BCUT2D eigenvalue weighted by Gasteiger charge is 2.02. The molecule has 0 saturated carbocycles. The molecule has 2 nitrogen and oxygen atoms in total. The van der Waals surface area contributed by atoms with Crippen molar-refractivity contribution >= 4 is 5.69 Å². The molecule has 0 fully saturated rings. The maximum atomic E-state index is 5.95. The van der Waals surface area contributed by atoms with Gasteiger partial charge in [0, 0.05) is 11.3 Å². The van der Waals surface area contributed by atoms with Crippen molar-refractivity contribution in [2.45, 2.75) is 13.8 Å². The molecular weight excluding hydrogens is 208 g/mol. The van der Waals surface area contributed by atoms with Crippen LogP contribution < -0.4 is 5.73 Å². The lowest BCUT2D eigenvalue weighted by molar-refractivity contribution is 1.16. The second kappa shape index (κ2) is 4.71. The maximum absolute atomic E-state index is 5.95. The lowest BCUT2D eigenvalue weighted by Gasteiger charge is -2.03. The first kappa shape index (κ1) is 11.2. The Balaban J connectivity index is 2.41. The molecule has 1 aromatic carbocycles. The van der Waals surface area contributed by atoms with Crippen LogP contribution in [0.15, 0.2) is 36.4 Å². The van der Waals surface area contributed by atoms with Gasteiger partial charge in [0.2, 0.25) is 0 Å². The van der Waals surface area contributed by atoms with E-state index < -0.39 is 0 Å². The lowest BCUT2D eigenvalue weighted by Crippen LogP contribution is -1.99. The fourth-order valence-electron chi connectivity index (χ4n) is 1.59. The highest BCUT2D eigenvalue weighted by Crippen LogP contribution is 2.15. The fourth-order valence-corrected chi connectivity index (χ4v) is 1.59. The molecule has 0 saturated heterocycles. The first-order valence-corrected chi connectivity index (χ1v) is 5.47. The Morgan fingerprint density at radius 3 is 2.47 bits per heavy atom. The van der Waals surface area contributed by atoms with Crippen molar-refractivity contribution < 1.29 is 0 Å². The number of pyridine rings is 1. The molecule has 2 heteroatoms. The first-order valence-electron chi connectivity index (χ1n) is 5.47. The van der Waals surface area contributed by atoms with Crippen molar-refractivity contribution in [2.24, 2.45) is 0 Å². The van der Waals surface area contributed by atoms with Gasteiger partial charge in [0.15, 0.2) is 0 Å². The highest BCUT2D eigenvalue weighted by molar-refractivity contribution is 5.58. The van der Waals surface area contributed by atoms with E-state index in [4.69, 9.17) is 5.73 Å². The Bertz CT molecular complexity index is 590. The zero-order valence-corrected chi connectivity index (χ0v) is 9.99. The van der Waals surface area contributed by atoms with Gasteiger partial charge in [-0.3, -0.25) is 0 Å². The Morgan fingerprint density at radius 1 is 1.06 bits per heavy atom. The number of hydrogen-bond donors (Lipinski definition) is 1. The van der Waals surface area contributed by atoms with Crippen LogP contribution in [0.5, 0.6) is 0 Å². The van der Waals surface area contributed by atoms with Crippen molar-refractivity contribution in [3.05, 3.63) is 58.9 Å². The van der Waals surface area contributed by atoms with Crippen LogP contribution in [0.1, 0.15) is 22.5 Å². The van der Waals surface area contributed by atoms with E-state index in [1.54, 1.807) is 0 Å². The molecule has 1 aromatic heterocycles.